The SMILES string of the molecule is COC(=O)CC1Oc2ccc(NCC(C)NCC(O[Si](C)(C)C(C)(C)C)c3cccc(Cl)c3)cc2O1. The van der Waals surface area contributed by atoms with Gasteiger partial charge in [-0.25, -0.2) is 0 Å². The van der Waals surface area contributed by atoms with E-state index in [9.17, 15) is 4.79 Å². The van der Waals surface area contributed by atoms with Crippen LogP contribution in [0.25, 0.3) is 0 Å². The van der Waals surface area contributed by atoms with E-state index in [-0.39, 0.29) is 29.6 Å². The Morgan fingerprint density at radius 3 is 2.50 bits per heavy atom. The van der Waals surface area contributed by atoms with E-state index >= 15 is 0 Å². The van der Waals surface area contributed by atoms with Crippen molar-refractivity contribution in [3.8, 4) is 11.5 Å². The van der Waals surface area contributed by atoms with Gasteiger partial charge in [-0.05, 0) is 54.9 Å². The smallest absolute Gasteiger partial charge is 0.313 e. The first-order valence-corrected chi connectivity index (χ1v) is 15.6. The van der Waals surface area contributed by atoms with Crippen LogP contribution >= 0.6 is 11.6 Å². The van der Waals surface area contributed by atoms with Crippen molar-refractivity contribution in [2.24, 2.45) is 0 Å². The molecule has 198 valence electrons. The summed E-state index contributed by atoms with van der Waals surface area (Å²) in [4.78, 5) is 11.5. The van der Waals surface area contributed by atoms with Crippen molar-refractivity contribution < 1.29 is 23.4 Å². The molecule has 0 radical (unpaired) electrons. The molecule has 7 nitrogen and oxygen atoms in total. The number of rotatable bonds is 11. The molecule has 0 fully saturated rings. The summed E-state index contributed by atoms with van der Waals surface area (Å²) in [6, 6.07) is 13.8. The molecule has 0 saturated heterocycles. The number of esters is 1. The molecule has 0 spiro atoms. The van der Waals surface area contributed by atoms with E-state index in [1.54, 1.807) is 0 Å². The molecule has 2 aromatic carbocycles. The number of ether oxygens (including phenoxy) is 3. The van der Waals surface area contributed by atoms with E-state index in [1.807, 2.05) is 36.4 Å². The predicted molar refractivity (Wildman–Crippen MR) is 147 cm³/mol. The molecule has 0 aliphatic carbocycles. The van der Waals surface area contributed by atoms with Gasteiger partial charge in [0.05, 0.1) is 13.2 Å². The van der Waals surface area contributed by atoms with Gasteiger partial charge >= 0.3 is 5.97 Å². The summed E-state index contributed by atoms with van der Waals surface area (Å²) in [6.45, 7) is 14.8. The summed E-state index contributed by atoms with van der Waals surface area (Å²) in [7, 11) is -0.648. The molecule has 3 rings (SSSR count). The fourth-order valence-electron chi connectivity index (χ4n) is 3.54. The largest absolute Gasteiger partial charge is 0.469 e. The minimum Gasteiger partial charge on any atom is -0.469 e. The molecule has 0 aromatic heterocycles. The van der Waals surface area contributed by atoms with Gasteiger partial charge in [-0.15, -0.1) is 0 Å². The van der Waals surface area contributed by atoms with Gasteiger partial charge in [0, 0.05) is 35.9 Å². The van der Waals surface area contributed by atoms with Crippen LogP contribution in [-0.4, -0.2) is 46.8 Å². The molecule has 0 saturated carbocycles. The first-order valence-electron chi connectivity index (χ1n) is 12.3. The lowest BCUT2D eigenvalue weighted by Gasteiger charge is -2.39. The Morgan fingerprint density at radius 2 is 1.83 bits per heavy atom. The number of nitrogens with one attached hydrogen (secondary N) is 2. The first kappa shape index (κ1) is 28.3. The highest BCUT2D eigenvalue weighted by atomic mass is 35.5. The lowest BCUT2D eigenvalue weighted by Crippen LogP contribution is -2.44. The Kier molecular flexibility index (Phi) is 9.32. The molecule has 1 aliphatic rings. The summed E-state index contributed by atoms with van der Waals surface area (Å²) in [5.41, 5.74) is 1.99. The number of hydrogen-bond donors (Lipinski definition) is 2. The number of fused-ring (bicyclic) bond motifs is 1. The maximum absolute atomic E-state index is 11.5. The van der Waals surface area contributed by atoms with Gasteiger partial charge in [0.1, 0.15) is 6.42 Å². The van der Waals surface area contributed by atoms with Crippen LogP contribution in [0.1, 0.15) is 45.8 Å². The minimum atomic E-state index is -1.99. The lowest BCUT2D eigenvalue weighted by atomic mass is 10.1. The van der Waals surface area contributed by atoms with E-state index in [0.717, 1.165) is 11.3 Å². The van der Waals surface area contributed by atoms with E-state index in [4.69, 9.17) is 25.5 Å². The summed E-state index contributed by atoms with van der Waals surface area (Å²) < 4.78 is 22.9. The number of anilines is 1. The van der Waals surface area contributed by atoms with Crippen LogP contribution < -0.4 is 20.1 Å². The number of halogens is 1. The highest BCUT2D eigenvalue weighted by molar-refractivity contribution is 6.74. The van der Waals surface area contributed by atoms with Gasteiger partial charge in [0.15, 0.2) is 19.8 Å². The van der Waals surface area contributed by atoms with Crippen molar-refractivity contribution in [2.75, 3.05) is 25.5 Å². The van der Waals surface area contributed by atoms with E-state index in [1.165, 1.54) is 7.11 Å². The topological polar surface area (TPSA) is 78.1 Å². The van der Waals surface area contributed by atoms with Crippen molar-refractivity contribution >= 4 is 31.6 Å². The average molecular weight is 535 g/mol. The third kappa shape index (κ3) is 7.62. The van der Waals surface area contributed by atoms with E-state index in [0.29, 0.717) is 29.6 Å². The van der Waals surface area contributed by atoms with Crippen LogP contribution in [0.3, 0.4) is 0 Å². The molecule has 3 atom stereocenters. The molecular formula is C27H39ClN2O5Si. The van der Waals surface area contributed by atoms with Gasteiger partial charge in [-0.3, -0.25) is 4.79 Å². The Hall–Kier alpha value is -2.26. The number of carbonyl (C=O) groups excluding carboxylic acids is 1. The number of carbonyl (C=O) groups is 1. The molecule has 1 heterocycles. The van der Waals surface area contributed by atoms with Crippen molar-refractivity contribution in [1.82, 2.24) is 5.32 Å². The first-order chi connectivity index (χ1) is 16.9. The third-order valence-corrected chi connectivity index (χ3v) is 11.5. The van der Waals surface area contributed by atoms with Crippen LogP contribution in [0, 0.1) is 0 Å². The van der Waals surface area contributed by atoms with Gasteiger partial charge in [-0.2, -0.15) is 0 Å². The van der Waals surface area contributed by atoms with Gasteiger partial charge in [-0.1, -0.05) is 44.5 Å². The summed E-state index contributed by atoms with van der Waals surface area (Å²) in [6.07, 6.45) is -0.712. The van der Waals surface area contributed by atoms with Crippen molar-refractivity contribution in [2.45, 2.75) is 70.7 Å². The molecule has 0 amide bonds. The number of methoxy groups -OCH3 is 1. The maximum atomic E-state index is 11.5. The predicted octanol–water partition coefficient (Wildman–Crippen LogP) is 6.15. The Morgan fingerprint density at radius 1 is 1.11 bits per heavy atom. The second-order valence-electron chi connectivity index (χ2n) is 10.7. The standard InChI is InChI=1S/C27H39ClN2O5Si/c1-18(16-30-21-11-12-22-23(14-21)34-26(33-22)15-25(31)32-5)29-17-24(19-9-8-10-20(28)13-19)35-36(6,7)27(2,3)4/h8-14,18,24,26,29-30H,15-17H2,1-7H3. The monoisotopic (exact) mass is 534 g/mol. The Bertz CT molecular complexity index is 1040. The Balaban J connectivity index is 1.57. The number of hydrogen-bond acceptors (Lipinski definition) is 7. The van der Waals surface area contributed by atoms with Crippen LogP contribution in [0.2, 0.25) is 23.2 Å². The van der Waals surface area contributed by atoms with Crippen LogP contribution in [0.4, 0.5) is 5.69 Å². The van der Waals surface area contributed by atoms with Crippen molar-refractivity contribution in [1.29, 1.82) is 0 Å². The molecule has 9 heteroatoms. The molecular weight excluding hydrogens is 496 g/mol. The quantitative estimate of drug-likeness (QED) is 0.264. The molecule has 36 heavy (non-hydrogen) atoms. The van der Waals surface area contributed by atoms with Crippen molar-refractivity contribution in [3.63, 3.8) is 0 Å². The van der Waals surface area contributed by atoms with Crippen molar-refractivity contribution in [3.05, 3.63) is 53.1 Å². The van der Waals surface area contributed by atoms with Gasteiger partial charge in [0.2, 0.25) is 0 Å². The highest BCUT2D eigenvalue weighted by Gasteiger charge is 2.39. The second-order valence-corrected chi connectivity index (χ2v) is 15.9. The zero-order chi connectivity index (χ0) is 26.5. The van der Waals surface area contributed by atoms with Crippen LogP contribution in [0.5, 0.6) is 11.5 Å². The lowest BCUT2D eigenvalue weighted by molar-refractivity contribution is -0.145. The summed E-state index contributed by atoms with van der Waals surface area (Å²) >= 11 is 6.30. The average Bonchev–Trinajstić information content (AvgIpc) is 3.20. The maximum Gasteiger partial charge on any atom is 0.313 e. The summed E-state index contributed by atoms with van der Waals surface area (Å²) in [5, 5.41) is 7.87. The molecule has 1 aliphatic heterocycles. The fourth-order valence-corrected chi connectivity index (χ4v) is 5.02. The molecule has 2 aromatic rings. The van der Waals surface area contributed by atoms with E-state index in [2.05, 4.69) is 62.2 Å². The number of benzene rings is 2. The normalized spacial score (nSPS) is 16.9. The fraction of sp³-hybridized carbons (Fsp3) is 0.519. The van der Waals surface area contributed by atoms with Crippen LogP contribution in [0.15, 0.2) is 42.5 Å². The van der Waals surface area contributed by atoms with Gasteiger partial charge in [0.25, 0.3) is 6.29 Å². The minimum absolute atomic E-state index is 0.0413. The summed E-state index contributed by atoms with van der Waals surface area (Å²) in [5.74, 6) is 0.853. The third-order valence-electron chi connectivity index (χ3n) is 6.75. The highest BCUT2D eigenvalue weighted by Crippen LogP contribution is 2.40. The zero-order valence-electron chi connectivity index (χ0n) is 22.3. The van der Waals surface area contributed by atoms with E-state index < -0.39 is 14.6 Å². The molecule has 2 N–H and O–H groups in total. The zero-order valence-corrected chi connectivity index (χ0v) is 24.1. The Labute approximate surface area is 220 Å². The second kappa shape index (κ2) is 11.9. The molecule has 0 bridgehead atoms. The molecule has 3 unspecified atom stereocenters. The van der Waals surface area contributed by atoms with Gasteiger partial charge < -0.3 is 29.3 Å². The van der Waals surface area contributed by atoms with Crippen LogP contribution in [-0.2, 0) is 14.0 Å².